The predicted molar refractivity (Wildman–Crippen MR) is 74.9 cm³/mol. The van der Waals surface area contributed by atoms with Crippen molar-refractivity contribution >= 4 is 22.5 Å². The number of methoxy groups -OCH3 is 1. The molecule has 5 nitrogen and oxygen atoms in total. The molecule has 0 radical (unpaired) electrons. The topological polar surface area (TPSA) is 62.8 Å². The molecule has 0 amide bonds. The van der Waals surface area contributed by atoms with Crippen LogP contribution in [0.3, 0.4) is 0 Å². The number of nitrogens with one attached hydrogen (secondary N) is 2. The molecule has 0 unspecified atom stereocenters. The van der Waals surface area contributed by atoms with Gasteiger partial charge in [-0.25, -0.2) is 9.97 Å². The number of para-hydroxylation sites is 2. The maximum absolute atomic E-state index is 5.32. The fraction of sp³-hybridized carbons (Fsp3) is 0.143. The molecule has 1 aromatic carbocycles. The zero-order valence-electron chi connectivity index (χ0n) is 10.8. The summed E-state index contributed by atoms with van der Waals surface area (Å²) in [6.07, 6.45) is 1.54. The maximum Gasteiger partial charge on any atom is 0.143 e. The van der Waals surface area contributed by atoms with Gasteiger partial charge in [-0.05, 0) is 25.1 Å². The third-order valence-electron chi connectivity index (χ3n) is 2.92. The Bertz CT molecular complexity index is 720. The Labute approximate surface area is 110 Å². The predicted octanol–water partition coefficient (Wildman–Crippen LogP) is 3.02. The van der Waals surface area contributed by atoms with Crippen LogP contribution < -0.4 is 10.1 Å². The standard InChI is InChI=1S/C14H14N4O/c1-9-7-10-13(17-9)15-8-16-14(10)18-11-5-3-4-6-12(11)19-2/h3-8H,1-2H3,(H2,15,16,17,18). The second-order valence-electron chi connectivity index (χ2n) is 4.26. The van der Waals surface area contributed by atoms with Gasteiger partial charge in [-0.3, -0.25) is 0 Å². The number of H-pyrrole nitrogens is 1. The molecular formula is C14H14N4O. The van der Waals surface area contributed by atoms with E-state index in [9.17, 15) is 0 Å². The molecule has 96 valence electrons. The first-order valence-electron chi connectivity index (χ1n) is 5.98. The van der Waals surface area contributed by atoms with Crippen molar-refractivity contribution in [3.8, 4) is 5.75 Å². The molecule has 0 aliphatic heterocycles. The maximum atomic E-state index is 5.32. The molecule has 0 aliphatic rings. The fourth-order valence-corrected chi connectivity index (χ4v) is 2.05. The van der Waals surface area contributed by atoms with Crippen LogP contribution in [0.4, 0.5) is 11.5 Å². The first-order chi connectivity index (χ1) is 9.28. The zero-order valence-corrected chi connectivity index (χ0v) is 10.8. The average molecular weight is 254 g/mol. The molecule has 0 saturated heterocycles. The van der Waals surface area contributed by atoms with Crippen molar-refractivity contribution in [2.24, 2.45) is 0 Å². The Kier molecular flexibility index (Phi) is 2.79. The first kappa shape index (κ1) is 11.5. The van der Waals surface area contributed by atoms with Gasteiger partial charge < -0.3 is 15.0 Å². The van der Waals surface area contributed by atoms with Crippen LogP contribution in [0.15, 0.2) is 36.7 Å². The Morgan fingerprint density at radius 2 is 2.05 bits per heavy atom. The van der Waals surface area contributed by atoms with Crippen LogP contribution >= 0.6 is 0 Å². The molecule has 0 fully saturated rings. The molecule has 0 saturated carbocycles. The summed E-state index contributed by atoms with van der Waals surface area (Å²) < 4.78 is 5.32. The van der Waals surface area contributed by atoms with E-state index in [0.717, 1.165) is 34.0 Å². The van der Waals surface area contributed by atoms with Gasteiger partial charge in [0.25, 0.3) is 0 Å². The molecule has 19 heavy (non-hydrogen) atoms. The summed E-state index contributed by atoms with van der Waals surface area (Å²) in [4.78, 5) is 11.7. The molecule has 0 bridgehead atoms. The Morgan fingerprint density at radius 1 is 1.21 bits per heavy atom. The zero-order chi connectivity index (χ0) is 13.2. The lowest BCUT2D eigenvalue weighted by atomic mass is 10.2. The highest BCUT2D eigenvalue weighted by Gasteiger charge is 2.08. The lowest BCUT2D eigenvalue weighted by Crippen LogP contribution is -1.97. The van der Waals surface area contributed by atoms with E-state index in [-0.39, 0.29) is 0 Å². The van der Waals surface area contributed by atoms with Crippen molar-refractivity contribution in [1.82, 2.24) is 15.0 Å². The van der Waals surface area contributed by atoms with Crippen molar-refractivity contribution < 1.29 is 4.74 Å². The number of ether oxygens (including phenoxy) is 1. The van der Waals surface area contributed by atoms with Crippen LogP contribution in [0.25, 0.3) is 11.0 Å². The lowest BCUT2D eigenvalue weighted by molar-refractivity contribution is 0.417. The highest BCUT2D eigenvalue weighted by molar-refractivity contribution is 5.90. The number of aromatic amines is 1. The SMILES string of the molecule is COc1ccccc1Nc1ncnc2[nH]c(C)cc12. The molecule has 0 spiro atoms. The number of hydrogen-bond donors (Lipinski definition) is 2. The molecule has 0 aliphatic carbocycles. The molecular weight excluding hydrogens is 240 g/mol. The van der Waals surface area contributed by atoms with Gasteiger partial charge in [0, 0.05) is 5.69 Å². The molecule has 2 heterocycles. The number of nitrogens with zero attached hydrogens (tertiary/aromatic N) is 2. The van der Waals surface area contributed by atoms with Gasteiger partial charge in [-0.15, -0.1) is 0 Å². The van der Waals surface area contributed by atoms with Gasteiger partial charge >= 0.3 is 0 Å². The van der Waals surface area contributed by atoms with Crippen molar-refractivity contribution in [3.05, 3.63) is 42.4 Å². The van der Waals surface area contributed by atoms with E-state index in [0.29, 0.717) is 0 Å². The Balaban J connectivity index is 2.05. The van der Waals surface area contributed by atoms with E-state index in [2.05, 4.69) is 20.3 Å². The van der Waals surface area contributed by atoms with E-state index in [4.69, 9.17) is 4.74 Å². The number of benzene rings is 1. The summed E-state index contributed by atoms with van der Waals surface area (Å²) in [6, 6.07) is 9.76. The average Bonchev–Trinajstić information content (AvgIpc) is 2.81. The van der Waals surface area contributed by atoms with E-state index >= 15 is 0 Å². The molecule has 3 rings (SSSR count). The van der Waals surface area contributed by atoms with Gasteiger partial charge in [0.05, 0.1) is 18.2 Å². The van der Waals surface area contributed by atoms with E-state index < -0.39 is 0 Å². The first-order valence-corrected chi connectivity index (χ1v) is 5.98. The summed E-state index contributed by atoms with van der Waals surface area (Å²) in [5, 5.41) is 4.25. The Hall–Kier alpha value is -2.56. The van der Waals surface area contributed by atoms with Crippen LogP contribution in [-0.4, -0.2) is 22.1 Å². The summed E-state index contributed by atoms with van der Waals surface area (Å²) in [7, 11) is 1.65. The second kappa shape index (κ2) is 4.61. The molecule has 0 atom stereocenters. The molecule has 5 heteroatoms. The normalized spacial score (nSPS) is 10.6. The Morgan fingerprint density at radius 3 is 2.89 bits per heavy atom. The number of hydrogen-bond acceptors (Lipinski definition) is 4. The van der Waals surface area contributed by atoms with Crippen LogP contribution in [0, 0.1) is 6.92 Å². The van der Waals surface area contributed by atoms with Crippen molar-refractivity contribution in [1.29, 1.82) is 0 Å². The van der Waals surface area contributed by atoms with Crippen LogP contribution in [-0.2, 0) is 0 Å². The van der Waals surface area contributed by atoms with E-state index in [1.54, 1.807) is 7.11 Å². The van der Waals surface area contributed by atoms with Gasteiger partial charge in [0.1, 0.15) is 23.5 Å². The van der Waals surface area contributed by atoms with Gasteiger partial charge in [0.15, 0.2) is 0 Å². The smallest absolute Gasteiger partial charge is 0.143 e. The van der Waals surface area contributed by atoms with Gasteiger partial charge in [-0.2, -0.15) is 0 Å². The monoisotopic (exact) mass is 254 g/mol. The van der Waals surface area contributed by atoms with Crippen molar-refractivity contribution in [2.45, 2.75) is 6.92 Å². The molecule has 2 N–H and O–H groups in total. The van der Waals surface area contributed by atoms with Crippen LogP contribution in [0.1, 0.15) is 5.69 Å². The number of rotatable bonds is 3. The number of aromatic nitrogens is 3. The molecule has 2 aromatic heterocycles. The summed E-state index contributed by atoms with van der Waals surface area (Å²) in [6.45, 7) is 1.99. The lowest BCUT2D eigenvalue weighted by Gasteiger charge is -2.10. The van der Waals surface area contributed by atoms with E-state index in [1.807, 2.05) is 37.3 Å². The van der Waals surface area contributed by atoms with Gasteiger partial charge in [-0.1, -0.05) is 12.1 Å². The summed E-state index contributed by atoms with van der Waals surface area (Å²) >= 11 is 0. The second-order valence-corrected chi connectivity index (χ2v) is 4.26. The minimum Gasteiger partial charge on any atom is -0.495 e. The van der Waals surface area contributed by atoms with E-state index in [1.165, 1.54) is 6.33 Å². The number of anilines is 2. The highest BCUT2D eigenvalue weighted by atomic mass is 16.5. The summed E-state index contributed by atoms with van der Waals surface area (Å²) in [5.74, 6) is 1.54. The minimum absolute atomic E-state index is 0.763. The minimum atomic E-state index is 0.763. The van der Waals surface area contributed by atoms with Crippen molar-refractivity contribution in [3.63, 3.8) is 0 Å². The molecule has 3 aromatic rings. The summed E-state index contributed by atoms with van der Waals surface area (Å²) in [5.41, 5.74) is 2.76. The fourth-order valence-electron chi connectivity index (χ4n) is 2.05. The van der Waals surface area contributed by atoms with Crippen LogP contribution in [0.2, 0.25) is 0 Å². The number of fused-ring (bicyclic) bond motifs is 1. The van der Waals surface area contributed by atoms with Gasteiger partial charge in [0.2, 0.25) is 0 Å². The number of aryl methyl sites for hydroxylation is 1. The third kappa shape index (κ3) is 2.10. The third-order valence-corrected chi connectivity index (χ3v) is 2.92. The van der Waals surface area contributed by atoms with Crippen LogP contribution in [0.5, 0.6) is 5.75 Å². The highest BCUT2D eigenvalue weighted by Crippen LogP contribution is 2.29. The quantitative estimate of drug-likeness (QED) is 0.754. The largest absolute Gasteiger partial charge is 0.495 e. The van der Waals surface area contributed by atoms with Crippen molar-refractivity contribution in [2.75, 3.05) is 12.4 Å².